The SMILES string of the molecule is CCCC(C)NC(=O)C(C)S(=O)CCCN. The molecule has 0 aromatic carbocycles. The molecule has 1 amide bonds. The number of nitrogens with two attached hydrogens (primary N) is 1. The normalized spacial score (nSPS) is 16.5. The van der Waals surface area contributed by atoms with E-state index in [0.29, 0.717) is 18.7 Å². The lowest BCUT2D eigenvalue weighted by Gasteiger charge is -2.16. The fourth-order valence-electron chi connectivity index (χ4n) is 1.39. The number of hydrogen-bond donors (Lipinski definition) is 2. The molecule has 0 spiro atoms. The molecule has 3 N–H and O–H groups in total. The van der Waals surface area contributed by atoms with Crippen LogP contribution < -0.4 is 11.1 Å². The first-order chi connectivity index (χ1) is 7.52. The van der Waals surface area contributed by atoms with E-state index in [2.05, 4.69) is 12.2 Å². The molecular weight excluding hydrogens is 224 g/mol. The molecule has 0 aliphatic rings. The third-order valence-electron chi connectivity index (χ3n) is 2.42. The van der Waals surface area contributed by atoms with Gasteiger partial charge in [-0.05, 0) is 33.2 Å². The zero-order chi connectivity index (χ0) is 12.6. The lowest BCUT2D eigenvalue weighted by molar-refractivity contribution is -0.121. The van der Waals surface area contributed by atoms with Crippen molar-refractivity contribution < 1.29 is 9.00 Å². The summed E-state index contributed by atoms with van der Waals surface area (Å²) in [6.45, 7) is 6.27. The van der Waals surface area contributed by atoms with Gasteiger partial charge in [0.2, 0.25) is 5.91 Å². The third-order valence-corrected chi connectivity index (χ3v) is 4.12. The van der Waals surface area contributed by atoms with E-state index < -0.39 is 16.0 Å². The summed E-state index contributed by atoms with van der Waals surface area (Å²) in [5.74, 6) is 0.393. The van der Waals surface area contributed by atoms with Crippen molar-refractivity contribution >= 4 is 16.7 Å². The smallest absolute Gasteiger partial charge is 0.235 e. The highest BCUT2D eigenvalue weighted by atomic mass is 32.2. The molecular formula is C11H24N2O2S. The second-order valence-corrected chi connectivity index (χ2v) is 5.94. The quantitative estimate of drug-likeness (QED) is 0.666. The Morgan fingerprint density at radius 3 is 2.56 bits per heavy atom. The molecule has 4 nitrogen and oxygen atoms in total. The second kappa shape index (κ2) is 8.70. The molecule has 0 aromatic rings. The molecule has 0 saturated heterocycles. The number of hydrogen-bond acceptors (Lipinski definition) is 3. The minimum absolute atomic E-state index is 0.115. The van der Waals surface area contributed by atoms with Gasteiger partial charge in [0.25, 0.3) is 0 Å². The Labute approximate surface area is 101 Å². The number of carbonyl (C=O) groups is 1. The maximum Gasteiger partial charge on any atom is 0.235 e. The van der Waals surface area contributed by atoms with Gasteiger partial charge < -0.3 is 11.1 Å². The molecule has 0 aliphatic heterocycles. The summed E-state index contributed by atoms with van der Waals surface area (Å²) >= 11 is 0. The Kier molecular flexibility index (Phi) is 8.47. The van der Waals surface area contributed by atoms with E-state index in [0.717, 1.165) is 12.8 Å². The summed E-state index contributed by atoms with van der Waals surface area (Å²) < 4.78 is 11.7. The fraction of sp³-hybridized carbons (Fsp3) is 0.909. The standard InChI is InChI=1S/C11H24N2O2S/c1-4-6-9(2)13-11(14)10(3)16(15)8-5-7-12/h9-10H,4-8,12H2,1-3H3,(H,13,14). The van der Waals surface area contributed by atoms with Crippen molar-refractivity contribution in [2.45, 2.75) is 51.3 Å². The number of carbonyl (C=O) groups excluding carboxylic acids is 1. The Balaban J connectivity index is 4.02. The molecule has 5 heteroatoms. The van der Waals surface area contributed by atoms with E-state index in [1.807, 2.05) is 6.92 Å². The maximum atomic E-state index is 11.7. The Morgan fingerprint density at radius 1 is 1.44 bits per heavy atom. The first kappa shape index (κ1) is 15.6. The number of amides is 1. The fourth-order valence-corrected chi connectivity index (χ4v) is 2.50. The van der Waals surface area contributed by atoms with E-state index in [-0.39, 0.29) is 11.9 Å². The van der Waals surface area contributed by atoms with E-state index >= 15 is 0 Å². The van der Waals surface area contributed by atoms with E-state index in [1.54, 1.807) is 6.92 Å². The summed E-state index contributed by atoms with van der Waals surface area (Å²) in [7, 11) is -1.11. The molecule has 16 heavy (non-hydrogen) atoms. The summed E-state index contributed by atoms with van der Waals surface area (Å²) in [5, 5.41) is 2.44. The van der Waals surface area contributed by atoms with E-state index in [9.17, 15) is 9.00 Å². The van der Waals surface area contributed by atoms with Gasteiger partial charge in [-0.1, -0.05) is 13.3 Å². The molecule has 0 bridgehead atoms. The zero-order valence-corrected chi connectivity index (χ0v) is 11.3. The van der Waals surface area contributed by atoms with Crippen LogP contribution >= 0.6 is 0 Å². The summed E-state index contributed by atoms with van der Waals surface area (Å²) in [5.41, 5.74) is 5.34. The summed E-state index contributed by atoms with van der Waals surface area (Å²) in [6, 6.07) is 0.159. The van der Waals surface area contributed by atoms with Gasteiger partial charge in [0, 0.05) is 22.6 Å². The van der Waals surface area contributed by atoms with Gasteiger partial charge in [-0.3, -0.25) is 9.00 Å². The van der Waals surface area contributed by atoms with E-state index in [1.165, 1.54) is 0 Å². The maximum absolute atomic E-state index is 11.7. The Hall–Kier alpha value is -0.420. The summed E-state index contributed by atoms with van der Waals surface area (Å²) in [6.07, 6.45) is 2.69. The van der Waals surface area contributed by atoms with Gasteiger partial charge in [-0.15, -0.1) is 0 Å². The number of rotatable bonds is 8. The first-order valence-electron chi connectivity index (χ1n) is 5.90. The van der Waals surface area contributed by atoms with Gasteiger partial charge in [0.1, 0.15) is 5.25 Å². The van der Waals surface area contributed by atoms with Crippen molar-refractivity contribution in [3.8, 4) is 0 Å². The Morgan fingerprint density at radius 2 is 2.06 bits per heavy atom. The van der Waals surface area contributed by atoms with Crippen molar-refractivity contribution in [3.63, 3.8) is 0 Å². The van der Waals surface area contributed by atoms with Crippen LogP contribution in [0.3, 0.4) is 0 Å². The van der Waals surface area contributed by atoms with Crippen LogP contribution in [0.5, 0.6) is 0 Å². The molecule has 0 rings (SSSR count). The number of nitrogens with one attached hydrogen (secondary N) is 1. The Bertz CT molecular complexity index is 234. The average Bonchev–Trinajstić information content (AvgIpc) is 2.24. The van der Waals surface area contributed by atoms with Gasteiger partial charge in [-0.25, -0.2) is 0 Å². The van der Waals surface area contributed by atoms with Crippen LogP contribution in [0, 0.1) is 0 Å². The molecule has 3 unspecified atom stereocenters. The van der Waals surface area contributed by atoms with Crippen molar-refractivity contribution in [1.82, 2.24) is 5.32 Å². The molecule has 3 atom stereocenters. The molecule has 0 aliphatic carbocycles. The summed E-state index contributed by atoms with van der Waals surface area (Å²) in [4.78, 5) is 11.7. The predicted octanol–water partition coefficient (Wildman–Crippen LogP) is 0.777. The van der Waals surface area contributed by atoms with Gasteiger partial charge in [-0.2, -0.15) is 0 Å². The first-order valence-corrected chi connectivity index (χ1v) is 7.28. The molecule has 0 fully saturated rings. The lowest BCUT2D eigenvalue weighted by atomic mass is 10.2. The highest BCUT2D eigenvalue weighted by Crippen LogP contribution is 2.01. The van der Waals surface area contributed by atoms with Crippen molar-refractivity contribution in [1.29, 1.82) is 0 Å². The minimum atomic E-state index is -1.11. The third kappa shape index (κ3) is 6.23. The van der Waals surface area contributed by atoms with Crippen molar-refractivity contribution in [2.24, 2.45) is 5.73 Å². The highest BCUT2D eigenvalue weighted by Gasteiger charge is 2.20. The van der Waals surface area contributed by atoms with E-state index in [4.69, 9.17) is 5.73 Å². The molecule has 0 aromatic heterocycles. The van der Waals surface area contributed by atoms with Crippen LogP contribution in [0.1, 0.15) is 40.0 Å². The second-order valence-electron chi connectivity index (χ2n) is 4.07. The van der Waals surface area contributed by atoms with Crippen molar-refractivity contribution in [3.05, 3.63) is 0 Å². The van der Waals surface area contributed by atoms with Crippen LogP contribution in [-0.2, 0) is 15.6 Å². The van der Waals surface area contributed by atoms with Gasteiger partial charge in [0.05, 0.1) is 0 Å². The molecule has 96 valence electrons. The van der Waals surface area contributed by atoms with Crippen LogP contribution in [-0.4, -0.2) is 33.7 Å². The molecule has 0 saturated carbocycles. The minimum Gasteiger partial charge on any atom is -0.353 e. The van der Waals surface area contributed by atoms with Gasteiger partial charge >= 0.3 is 0 Å². The average molecular weight is 248 g/mol. The monoisotopic (exact) mass is 248 g/mol. The lowest BCUT2D eigenvalue weighted by Crippen LogP contribution is -2.41. The highest BCUT2D eigenvalue weighted by molar-refractivity contribution is 7.86. The topological polar surface area (TPSA) is 72.2 Å². The van der Waals surface area contributed by atoms with Crippen LogP contribution in [0.4, 0.5) is 0 Å². The molecule has 0 heterocycles. The van der Waals surface area contributed by atoms with Crippen molar-refractivity contribution in [2.75, 3.05) is 12.3 Å². The van der Waals surface area contributed by atoms with Crippen LogP contribution in [0.15, 0.2) is 0 Å². The predicted molar refractivity (Wildman–Crippen MR) is 68.7 cm³/mol. The zero-order valence-electron chi connectivity index (χ0n) is 10.5. The largest absolute Gasteiger partial charge is 0.353 e. The molecule has 0 radical (unpaired) electrons. The van der Waals surface area contributed by atoms with Crippen LogP contribution in [0.2, 0.25) is 0 Å². The van der Waals surface area contributed by atoms with Gasteiger partial charge in [0.15, 0.2) is 0 Å². The van der Waals surface area contributed by atoms with Crippen LogP contribution in [0.25, 0.3) is 0 Å².